The SMILES string of the molecule is CCCNc1ccc(C(=O)Nc2c(C)cccc2C)cc1. The van der Waals surface area contributed by atoms with Gasteiger partial charge in [-0.3, -0.25) is 4.79 Å². The molecule has 1 amide bonds. The summed E-state index contributed by atoms with van der Waals surface area (Å²) in [5.41, 5.74) is 4.75. The molecule has 2 rings (SSSR count). The van der Waals surface area contributed by atoms with Crippen LogP contribution in [0.1, 0.15) is 34.8 Å². The molecule has 0 aliphatic heterocycles. The Morgan fingerprint density at radius 3 is 2.19 bits per heavy atom. The van der Waals surface area contributed by atoms with Crippen molar-refractivity contribution in [3.63, 3.8) is 0 Å². The van der Waals surface area contributed by atoms with Crippen molar-refractivity contribution in [2.24, 2.45) is 0 Å². The lowest BCUT2D eigenvalue weighted by Crippen LogP contribution is -2.13. The van der Waals surface area contributed by atoms with Crippen molar-refractivity contribution >= 4 is 17.3 Å². The molecule has 2 aromatic carbocycles. The molecule has 0 aliphatic carbocycles. The summed E-state index contributed by atoms with van der Waals surface area (Å²) in [5.74, 6) is -0.0746. The Morgan fingerprint density at radius 2 is 1.62 bits per heavy atom. The summed E-state index contributed by atoms with van der Waals surface area (Å²) >= 11 is 0. The summed E-state index contributed by atoms with van der Waals surface area (Å²) in [7, 11) is 0. The summed E-state index contributed by atoms with van der Waals surface area (Å²) in [6.45, 7) is 7.06. The standard InChI is InChI=1S/C18H22N2O/c1-4-12-19-16-10-8-15(9-11-16)18(21)20-17-13(2)6-5-7-14(17)3/h5-11,19H,4,12H2,1-3H3,(H,20,21). The highest BCUT2D eigenvalue weighted by Crippen LogP contribution is 2.20. The van der Waals surface area contributed by atoms with Crippen LogP contribution in [0.3, 0.4) is 0 Å². The molecule has 21 heavy (non-hydrogen) atoms. The molecule has 0 spiro atoms. The number of rotatable bonds is 5. The fourth-order valence-corrected chi connectivity index (χ4v) is 2.21. The van der Waals surface area contributed by atoms with Crippen LogP contribution < -0.4 is 10.6 Å². The lowest BCUT2D eigenvalue weighted by molar-refractivity contribution is 0.102. The number of para-hydroxylation sites is 1. The molecule has 0 aliphatic rings. The van der Waals surface area contributed by atoms with Gasteiger partial charge in [0.1, 0.15) is 0 Å². The van der Waals surface area contributed by atoms with E-state index < -0.39 is 0 Å². The van der Waals surface area contributed by atoms with E-state index in [4.69, 9.17) is 0 Å². The summed E-state index contributed by atoms with van der Waals surface area (Å²) in [6, 6.07) is 13.6. The van der Waals surface area contributed by atoms with Gasteiger partial charge in [-0.2, -0.15) is 0 Å². The zero-order valence-electron chi connectivity index (χ0n) is 12.9. The van der Waals surface area contributed by atoms with Crippen LogP contribution in [-0.2, 0) is 0 Å². The smallest absolute Gasteiger partial charge is 0.255 e. The highest BCUT2D eigenvalue weighted by Gasteiger charge is 2.09. The van der Waals surface area contributed by atoms with E-state index in [1.54, 1.807) is 0 Å². The molecule has 0 bridgehead atoms. The van der Waals surface area contributed by atoms with Crippen LogP contribution in [0.25, 0.3) is 0 Å². The van der Waals surface area contributed by atoms with Gasteiger partial charge in [0.2, 0.25) is 0 Å². The Hall–Kier alpha value is -2.29. The highest BCUT2D eigenvalue weighted by atomic mass is 16.1. The first-order valence-corrected chi connectivity index (χ1v) is 7.33. The van der Waals surface area contributed by atoms with Crippen molar-refractivity contribution in [3.8, 4) is 0 Å². The van der Waals surface area contributed by atoms with E-state index in [-0.39, 0.29) is 5.91 Å². The van der Waals surface area contributed by atoms with Gasteiger partial charge in [-0.15, -0.1) is 0 Å². The second-order valence-corrected chi connectivity index (χ2v) is 5.23. The largest absolute Gasteiger partial charge is 0.385 e. The number of carbonyl (C=O) groups is 1. The van der Waals surface area contributed by atoms with Gasteiger partial charge in [-0.25, -0.2) is 0 Å². The summed E-state index contributed by atoms with van der Waals surface area (Å²) in [5, 5.41) is 6.29. The Labute approximate surface area is 126 Å². The van der Waals surface area contributed by atoms with Gasteiger partial charge in [-0.05, 0) is 55.7 Å². The Bertz CT molecular complexity index is 597. The van der Waals surface area contributed by atoms with E-state index >= 15 is 0 Å². The zero-order valence-corrected chi connectivity index (χ0v) is 12.9. The molecule has 0 radical (unpaired) electrons. The maximum absolute atomic E-state index is 12.3. The molecule has 0 unspecified atom stereocenters. The number of anilines is 2. The number of carbonyl (C=O) groups excluding carboxylic acids is 1. The molecule has 0 saturated carbocycles. The average molecular weight is 282 g/mol. The number of aryl methyl sites for hydroxylation is 2. The van der Waals surface area contributed by atoms with Gasteiger partial charge in [0.05, 0.1) is 0 Å². The maximum atomic E-state index is 12.3. The first-order chi connectivity index (χ1) is 10.1. The van der Waals surface area contributed by atoms with Crippen LogP contribution >= 0.6 is 0 Å². The minimum absolute atomic E-state index is 0.0746. The molecule has 0 fully saturated rings. The summed E-state index contributed by atoms with van der Waals surface area (Å²) in [4.78, 5) is 12.3. The summed E-state index contributed by atoms with van der Waals surface area (Å²) in [6.07, 6.45) is 1.08. The molecule has 3 nitrogen and oxygen atoms in total. The second kappa shape index (κ2) is 6.93. The first-order valence-electron chi connectivity index (χ1n) is 7.33. The lowest BCUT2D eigenvalue weighted by atomic mass is 10.1. The quantitative estimate of drug-likeness (QED) is 0.854. The monoisotopic (exact) mass is 282 g/mol. The third-order valence-electron chi connectivity index (χ3n) is 3.45. The Balaban J connectivity index is 2.10. The third kappa shape index (κ3) is 3.85. The van der Waals surface area contributed by atoms with Gasteiger partial charge < -0.3 is 10.6 Å². The minimum atomic E-state index is -0.0746. The van der Waals surface area contributed by atoms with Crippen LogP contribution in [0.4, 0.5) is 11.4 Å². The minimum Gasteiger partial charge on any atom is -0.385 e. The van der Waals surface area contributed by atoms with Crippen molar-refractivity contribution in [1.29, 1.82) is 0 Å². The number of hydrogen-bond donors (Lipinski definition) is 2. The van der Waals surface area contributed by atoms with E-state index in [2.05, 4.69) is 17.6 Å². The number of hydrogen-bond acceptors (Lipinski definition) is 2. The fourth-order valence-electron chi connectivity index (χ4n) is 2.21. The van der Waals surface area contributed by atoms with Crippen LogP contribution in [-0.4, -0.2) is 12.5 Å². The van der Waals surface area contributed by atoms with E-state index in [1.807, 2.05) is 56.3 Å². The number of nitrogens with one attached hydrogen (secondary N) is 2. The molecular formula is C18H22N2O. The molecule has 2 aromatic rings. The average Bonchev–Trinajstić information content (AvgIpc) is 2.49. The maximum Gasteiger partial charge on any atom is 0.255 e. The van der Waals surface area contributed by atoms with Gasteiger partial charge in [0.25, 0.3) is 5.91 Å². The Kier molecular flexibility index (Phi) is 4.99. The van der Waals surface area contributed by atoms with Crippen molar-refractivity contribution in [1.82, 2.24) is 0 Å². The van der Waals surface area contributed by atoms with E-state index in [1.165, 1.54) is 0 Å². The topological polar surface area (TPSA) is 41.1 Å². The zero-order chi connectivity index (χ0) is 15.2. The van der Waals surface area contributed by atoms with Crippen LogP contribution in [0.15, 0.2) is 42.5 Å². The van der Waals surface area contributed by atoms with Crippen molar-refractivity contribution < 1.29 is 4.79 Å². The van der Waals surface area contributed by atoms with Gasteiger partial charge >= 0.3 is 0 Å². The van der Waals surface area contributed by atoms with Crippen LogP contribution in [0.2, 0.25) is 0 Å². The molecule has 110 valence electrons. The summed E-state index contributed by atoms with van der Waals surface area (Å²) < 4.78 is 0. The predicted octanol–water partition coefficient (Wildman–Crippen LogP) is 4.38. The Morgan fingerprint density at radius 1 is 1.00 bits per heavy atom. The molecule has 0 atom stereocenters. The first kappa shape index (κ1) is 15.1. The van der Waals surface area contributed by atoms with Crippen LogP contribution in [0.5, 0.6) is 0 Å². The van der Waals surface area contributed by atoms with E-state index in [9.17, 15) is 4.79 Å². The van der Waals surface area contributed by atoms with Gasteiger partial charge in [0.15, 0.2) is 0 Å². The number of amides is 1. The van der Waals surface area contributed by atoms with Crippen molar-refractivity contribution in [2.45, 2.75) is 27.2 Å². The fraction of sp³-hybridized carbons (Fsp3) is 0.278. The lowest BCUT2D eigenvalue weighted by Gasteiger charge is -2.12. The molecule has 0 aromatic heterocycles. The highest BCUT2D eigenvalue weighted by molar-refractivity contribution is 6.05. The molecular weight excluding hydrogens is 260 g/mol. The van der Waals surface area contributed by atoms with Crippen molar-refractivity contribution in [2.75, 3.05) is 17.2 Å². The van der Waals surface area contributed by atoms with E-state index in [0.717, 1.165) is 35.5 Å². The van der Waals surface area contributed by atoms with Gasteiger partial charge in [0, 0.05) is 23.5 Å². The van der Waals surface area contributed by atoms with E-state index in [0.29, 0.717) is 5.56 Å². The normalized spacial score (nSPS) is 10.2. The number of benzene rings is 2. The predicted molar refractivity (Wildman–Crippen MR) is 89.1 cm³/mol. The van der Waals surface area contributed by atoms with Gasteiger partial charge in [-0.1, -0.05) is 25.1 Å². The molecule has 0 saturated heterocycles. The molecule has 3 heteroatoms. The van der Waals surface area contributed by atoms with Crippen LogP contribution in [0, 0.1) is 13.8 Å². The molecule has 2 N–H and O–H groups in total. The molecule has 0 heterocycles. The van der Waals surface area contributed by atoms with Crippen molar-refractivity contribution in [3.05, 3.63) is 59.2 Å². The third-order valence-corrected chi connectivity index (χ3v) is 3.45. The second-order valence-electron chi connectivity index (χ2n) is 5.23.